The lowest BCUT2D eigenvalue weighted by atomic mass is 9.84. The third-order valence-corrected chi connectivity index (χ3v) is 28.4. The van der Waals surface area contributed by atoms with Gasteiger partial charge in [-0.2, -0.15) is 19.9 Å². The number of rotatable bonds is 35. The third kappa shape index (κ3) is 29.3. The normalized spacial score (nSPS) is 12.1. The van der Waals surface area contributed by atoms with Gasteiger partial charge in [0.2, 0.25) is 23.8 Å². The minimum Gasteiger partial charge on any atom is -0.495 e. The number of aromatic nitrogens is 8. The van der Waals surface area contributed by atoms with Crippen molar-refractivity contribution >= 4 is 189 Å². The maximum absolute atomic E-state index is 12.7. The highest BCUT2D eigenvalue weighted by atomic mass is 35.5. The largest absolute Gasteiger partial charge is 0.495 e. The average molecular weight is 1950 g/mol. The van der Waals surface area contributed by atoms with Crippen molar-refractivity contribution in [3.8, 4) is 23.0 Å². The number of ether oxygens (including phenoxy) is 4. The lowest BCUT2D eigenvalue weighted by Crippen LogP contribution is -2.32. The summed E-state index contributed by atoms with van der Waals surface area (Å²) in [5, 5.41) is 33.3. The lowest BCUT2D eigenvalue weighted by Gasteiger charge is -2.29. The number of anilines is 16. The van der Waals surface area contributed by atoms with Gasteiger partial charge in [-0.3, -0.25) is 0 Å². The summed E-state index contributed by atoms with van der Waals surface area (Å²) in [5.41, 5.74) is 15.9. The van der Waals surface area contributed by atoms with Crippen LogP contribution in [0.3, 0.4) is 0 Å². The standard InChI is InChI=1S/C25H33ClN5O2P.2C24H31ClN5O2P.C23H29ClN5O2P/c1-25(2,16-31(3)4)17-12-13-19(21(14-17)33-5)29-24-27-15-18(26)23(30-24)28-20-10-8-9-11-22(20)34(6,7)32;1-24(2,15-26-3)16-11-12-18(20(13-16)32-4)29-23-27-14-17(25)22(30-23)28-19-9-7-8-10-21(19)33(5,6)31;1-16(15-30(2)3)17-11-12-19(21(13-17)32-4)28-24-26-14-18(25)23(29-24)27-20-9-7-8-10-22(20)33(5,6)31;1-23(2,14-25)15-10-11-17(19(12-15)31-3)28-22-26-13-16(24)21(29-22)27-18-8-6-7-9-20(18)32(4,5)30/h8-15H,16H2,1-7H3,(H2,27,28,29,30);7-14,26H,15H2,1-6H3,(H2,27,28,29,30);7-14,16H,15H2,1-6H3,(H2,26,27,28,29);6-13H,14,25H2,1-5H3,(H2,26,27,28,29). The van der Waals surface area contributed by atoms with Crippen LogP contribution in [0, 0.1) is 0 Å². The van der Waals surface area contributed by atoms with Crippen LogP contribution < -0.4 is 93.8 Å². The summed E-state index contributed by atoms with van der Waals surface area (Å²) in [5.74, 6) is 6.19. The molecule has 0 saturated carbocycles. The van der Waals surface area contributed by atoms with Gasteiger partial charge in [0.1, 0.15) is 71.7 Å². The van der Waals surface area contributed by atoms with E-state index in [0.29, 0.717) is 131 Å². The summed E-state index contributed by atoms with van der Waals surface area (Å²) in [4.78, 5) is 39.7. The molecular formula is C96H124Cl4N20O8P4. The SMILES string of the molecule is CNCC(C)(C)c1ccc(Nc2ncc(Cl)c(Nc3ccccc3P(C)(C)=O)n2)c(OC)c1.COc1cc(C(C)(C)CN(C)C)ccc1Nc1ncc(Cl)c(Nc2ccccc2P(C)(C)=O)n1.COc1cc(C(C)(C)CN)ccc1Nc1ncc(Cl)c(Nc2ccccc2P(C)(C)=O)n1.COc1cc(C(C)CN(C)C)ccc1Nc1ncc(Cl)c(Nc2ccccc2P(C)(C)=O)n1. The van der Waals surface area contributed by atoms with E-state index >= 15 is 0 Å². The van der Waals surface area contributed by atoms with Crippen LogP contribution in [-0.2, 0) is 34.5 Å². The average Bonchev–Trinajstić information content (AvgIpc) is 0.804. The second kappa shape index (κ2) is 46.0. The van der Waals surface area contributed by atoms with Crippen molar-refractivity contribution in [1.29, 1.82) is 0 Å². The van der Waals surface area contributed by atoms with Gasteiger partial charge in [0.25, 0.3) is 0 Å². The second-order valence-electron chi connectivity index (χ2n) is 35.5. The van der Waals surface area contributed by atoms with Gasteiger partial charge in [-0.15, -0.1) is 0 Å². The van der Waals surface area contributed by atoms with Gasteiger partial charge in [0.15, 0.2) is 23.3 Å². The van der Waals surface area contributed by atoms with Gasteiger partial charge in [0, 0.05) is 63.6 Å². The highest BCUT2D eigenvalue weighted by molar-refractivity contribution is 7.71. The van der Waals surface area contributed by atoms with E-state index in [2.05, 4.69) is 192 Å². The number of para-hydroxylation sites is 4. The van der Waals surface area contributed by atoms with E-state index in [9.17, 15) is 18.3 Å². The molecule has 36 heteroatoms. The van der Waals surface area contributed by atoms with E-state index in [-0.39, 0.29) is 16.2 Å². The molecule has 0 fully saturated rings. The third-order valence-electron chi connectivity index (χ3n) is 21.1. The first-order valence-electron chi connectivity index (χ1n) is 42.3. The molecule has 0 bridgehead atoms. The molecule has 0 amide bonds. The predicted octanol–water partition coefficient (Wildman–Crippen LogP) is 21.7. The first kappa shape index (κ1) is 105. The van der Waals surface area contributed by atoms with Crippen LogP contribution in [0.1, 0.15) is 76.6 Å². The van der Waals surface area contributed by atoms with Crippen molar-refractivity contribution in [2.45, 2.75) is 70.6 Å². The zero-order valence-electron chi connectivity index (χ0n) is 79.5. The Hall–Kier alpha value is -10.4. The van der Waals surface area contributed by atoms with E-state index in [1.165, 1.54) is 35.9 Å². The number of halogens is 4. The Morgan fingerprint density at radius 2 is 0.629 bits per heavy atom. The molecule has 1 unspecified atom stereocenters. The molecule has 0 aliphatic rings. The molecule has 0 radical (unpaired) electrons. The molecule has 704 valence electrons. The molecule has 0 aliphatic heterocycles. The molecule has 0 aliphatic carbocycles. The summed E-state index contributed by atoms with van der Waals surface area (Å²) >= 11 is 25.4. The van der Waals surface area contributed by atoms with Crippen molar-refractivity contribution in [2.24, 2.45) is 5.73 Å². The van der Waals surface area contributed by atoms with Crippen LogP contribution in [0.2, 0.25) is 20.1 Å². The Morgan fingerprint density at radius 3 is 0.886 bits per heavy atom. The molecule has 12 aromatic rings. The number of benzene rings is 8. The first-order valence-corrected chi connectivity index (χ1v) is 54.2. The minimum atomic E-state index is -2.50. The molecule has 12 rings (SSSR count). The topological polar surface area (TPSA) is 349 Å². The van der Waals surface area contributed by atoms with Crippen LogP contribution in [0.5, 0.6) is 23.0 Å². The number of nitrogens with two attached hydrogens (primary N) is 1. The maximum Gasteiger partial charge on any atom is 0.229 e. The fraction of sp³-hybridized carbons (Fsp3) is 0.333. The number of methoxy groups -OCH3 is 4. The fourth-order valence-electron chi connectivity index (χ4n) is 14.2. The molecule has 1 atom stereocenters. The van der Waals surface area contributed by atoms with Gasteiger partial charge in [-0.05, 0) is 214 Å². The summed E-state index contributed by atoms with van der Waals surface area (Å²) in [6.45, 7) is 32.2. The van der Waals surface area contributed by atoms with Crippen LogP contribution in [0.15, 0.2) is 195 Å². The second-order valence-corrected chi connectivity index (χ2v) is 49.9. The molecule has 4 aromatic heterocycles. The molecule has 11 N–H and O–H groups in total. The lowest BCUT2D eigenvalue weighted by molar-refractivity contribution is 0.314. The summed E-state index contributed by atoms with van der Waals surface area (Å²) in [7, 11) is 6.74. The van der Waals surface area contributed by atoms with Crippen molar-refractivity contribution in [2.75, 3.05) is 186 Å². The smallest absolute Gasteiger partial charge is 0.229 e. The zero-order valence-corrected chi connectivity index (χ0v) is 86.1. The van der Waals surface area contributed by atoms with Crippen molar-refractivity contribution in [3.05, 3.63) is 237 Å². The Bertz CT molecular complexity index is 6190. The van der Waals surface area contributed by atoms with E-state index in [1.807, 2.05) is 159 Å². The van der Waals surface area contributed by atoms with E-state index in [1.54, 1.807) is 81.8 Å². The van der Waals surface area contributed by atoms with Crippen LogP contribution in [-0.4, -0.2) is 193 Å². The Labute approximate surface area is 797 Å². The van der Waals surface area contributed by atoms with Crippen molar-refractivity contribution in [1.82, 2.24) is 55.0 Å². The summed E-state index contributed by atoms with van der Waals surface area (Å²) in [6.07, 6.45) is 6.09. The van der Waals surface area contributed by atoms with Crippen LogP contribution in [0.4, 0.5) is 92.6 Å². The van der Waals surface area contributed by atoms with E-state index in [0.717, 1.165) is 69.0 Å². The van der Waals surface area contributed by atoms with Gasteiger partial charge in [-0.25, -0.2) is 19.9 Å². The van der Waals surface area contributed by atoms with E-state index < -0.39 is 28.6 Å². The molecule has 132 heavy (non-hydrogen) atoms. The molecule has 0 saturated heterocycles. The first-order chi connectivity index (χ1) is 62.1. The monoisotopic (exact) mass is 1950 g/mol. The van der Waals surface area contributed by atoms with Gasteiger partial charge in [0.05, 0.1) is 98.7 Å². The zero-order chi connectivity index (χ0) is 97.0. The van der Waals surface area contributed by atoms with Crippen LogP contribution in [0.25, 0.3) is 0 Å². The fourth-order valence-corrected chi connectivity index (χ4v) is 19.4. The number of hydrogen-bond acceptors (Lipinski definition) is 28. The summed E-state index contributed by atoms with van der Waals surface area (Å²) < 4.78 is 73.2. The number of nitrogens with zero attached hydrogens (tertiary/aromatic N) is 10. The highest BCUT2D eigenvalue weighted by Crippen LogP contribution is 2.45. The Kier molecular flexibility index (Phi) is 36.7. The van der Waals surface area contributed by atoms with Crippen LogP contribution >= 0.6 is 75.0 Å². The van der Waals surface area contributed by atoms with E-state index in [4.69, 9.17) is 71.1 Å². The van der Waals surface area contributed by atoms with Gasteiger partial charge < -0.3 is 101 Å². The number of hydrogen-bond donors (Lipinski definition) is 10. The molecule has 8 aromatic carbocycles. The Balaban J connectivity index is 0.000000198. The maximum atomic E-state index is 12.7. The van der Waals surface area contributed by atoms with Crippen molar-refractivity contribution in [3.63, 3.8) is 0 Å². The number of nitrogens with one attached hydrogen (secondary N) is 9. The minimum absolute atomic E-state index is 0.0471. The number of likely N-dealkylation sites (N-methyl/N-ethyl adjacent to an activating group) is 3. The quantitative estimate of drug-likeness (QED) is 0.0165. The van der Waals surface area contributed by atoms with Crippen molar-refractivity contribution < 1.29 is 37.2 Å². The molecular weight excluding hydrogens is 1830 g/mol. The summed E-state index contributed by atoms with van der Waals surface area (Å²) in [6, 6.07) is 53.8. The Morgan fingerprint density at radius 1 is 0.364 bits per heavy atom. The van der Waals surface area contributed by atoms with Gasteiger partial charge >= 0.3 is 0 Å². The molecule has 4 heterocycles. The predicted molar refractivity (Wildman–Crippen MR) is 556 cm³/mol. The highest BCUT2D eigenvalue weighted by Gasteiger charge is 2.29. The molecule has 0 spiro atoms. The molecule has 28 nitrogen and oxygen atoms in total. The van der Waals surface area contributed by atoms with Gasteiger partial charge in [-0.1, -0.05) is 168 Å².